The van der Waals surface area contributed by atoms with E-state index in [9.17, 15) is 18.3 Å². The Bertz CT molecular complexity index is 520. The summed E-state index contributed by atoms with van der Waals surface area (Å²) in [6.07, 6.45) is 0. The average Bonchev–Trinajstić information content (AvgIpc) is 2.06. The van der Waals surface area contributed by atoms with E-state index >= 15 is 0 Å². The van der Waals surface area contributed by atoms with Crippen molar-refractivity contribution in [1.82, 2.24) is 0 Å². The van der Waals surface area contributed by atoms with E-state index in [0.717, 1.165) is 12.1 Å². The number of sulfonamides is 1. The van der Waals surface area contributed by atoms with Gasteiger partial charge in [0.2, 0.25) is 10.0 Å². The van der Waals surface area contributed by atoms with Crippen LogP contribution in [0.3, 0.4) is 0 Å². The number of hydrogen-bond acceptors (Lipinski definition) is 4. The lowest BCUT2D eigenvalue weighted by molar-refractivity contribution is 0.0693. The largest absolute Gasteiger partial charge is 0.506 e. The molecule has 0 atom stereocenters. The van der Waals surface area contributed by atoms with Crippen LogP contribution >= 0.6 is 0 Å². The lowest BCUT2D eigenvalue weighted by Crippen LogP contribution is -2.14. The Balaban J connectivity index is 3.63. The molecule has 0 fully saturated rings. The van der Waals surface area contributed by atoms with Gasteiger partial charge in [0.1, 0.15) is 16.2 Å². The summed E-state index contributed by atoms with van der Waals surface area (Å²) in [5.74, 6) is -2.25. The van der Waals surface area contributed by atoms with Gasteiger partial charge in [-0.05, 0) is 24.6 Å². The van der Waals surface area contributed by atoms with Gasteiger partial charge >= 0.3 is 5.97 Å². The minimum Gasteiger partial charge on any atom is -0.506 e. The molecule has 15 heavy (non-hydrogen) atoms. The van der Waals surface area contributed by atoms with Crippen molar-refractivity contribution >= 4 is 16.0 Å². The Morgan fingerprint density at radius 2 is 1.93 bits per heavy atom. The first kappa shape index (κ1) is 11.5. The molecule has 0 radical (unpaired) electrons. The number of hydrogen-bond donors (Lipinski definition) is 3. The van der Waals surface area contributed by atoms with Crippen molar-refractivity contribution in [2.24, 2.45) is 5.14 Å². The van der Waals surface area contributed by atoms with E-state index in [4.69, 9.17) is 10.2 Å². The normalized spacial score (nSPS) is 11.3. The smallest absolute Gasteiger partial charge is 0.339 e. The fraction of sp³-hybridized carbons (Fsp3) is 0.125. The van der Waals surface area contributed by atoms with Gasteiger partial charge in [0.05, 0.1) is 0 Å². The van der Waals surface area contributed by atoms with Crippen molar-refractivity contribution in [3.05, 3.63) is 23.3 Å². The third kappa shape index (κ3) is 2.25. The fourth-order valence-electron chi connectivity index (χ4n) is 1.13. The molecule has 1 aromatic rings. The number of aryl methyl sites for hydroxylation is 1. The maximum absolute atomic E-state index is 11.0. The summed E-state index contributed by atoms with van der Waals surface area (Å²) in [5.41, 5.74) is -0.103. The molecule has 0 aromatic heterocycles. The first-order valence-electron chi connectivity index (χ1n) is 3.83. The molecule has 7 heteroatoms. The number of rotatable bonds is 2. The molecule has 0 spiro atoms. The van der Waals surface area contributed by atoms with Gasteiger partial charge in [-0.3, -0.25) is 0 Å². The number of nitrogens with two attached hydrogens (primary N) is 1. The van der Waals surface area contributed by atoms with Crippen LogP contribution in [0.4, 0.5) is 0 Å². The van der Waals surface area contributed by atoms with Crippen LogP contribution in [0.1, 0.15) is 15.9 Å². The molecule has 0 aliphatic carbocycles. The zero-order valence-electron chi connectivity index (χ0n) is 7.76. The van der Waals surface area contributed by atoms with Crippen LogP contribution in [0.2, 0.25) is 0 Å². The van der Waals surface area contributed by atoms with Crippen molar-refractivity contribution in [3.63, 3.8) is 0 Å². The SMILES string of the molecule is Cc1cc(C(=O)O)c(O)c(S(N)(=O)=O)c1. The van der Waals surface area contributed by atoms with Crippen molar-refractivity contribution in [3.8, 4) is 5.75 Å². The molecule has 0 amide bonds. The summed E-state index contributed by atoms with van der Waals surface area (Å²) < 4.78 is 22.0. The van der Waals surface area contributed by atoms with E-state index in [2.05, 4.69) is 0 Å². The van der Waals surface area contributed by atoms with Gasteiger partial charge in [-0.2, -0.15) is 0 Å². The lowest BCUT2D eigenvalue weighted by atomic mass is 10.1. The summed E-state index contributed by atoms with van der Waals surface area (Å²) in [6.45, 7) is 1.50. The van der Waals surface area contributed by atoms with Crippen molar-refractivity contribution in [2.45, 2.75) is 11.8 Å². The minimum atomic E-state index is -4.13. The van der Waals surface area contributed by atoms with Crippen LogP contribution in [0.25, 0.3) is 0 Å². The Kier molecular flexibility index (Phi) is 2.69. The predicted molar refractivity (Wildman–Crippen MR) is 51.2 cm³/mol. The van der Waals surface area contributed by atoms with Crippen LogP contribution in [0, 0.1) is 6.92 Å². The number of phenols is 1. The molecule has 0 bridgehead atoms. The predicted octanol–water partition coefficient (Wildman–Crippen LogP) is 0.0462. The van der Waals surface area contributed by atoms with Gasteiger partial charge in [0.15, 0.2) is 0 Å². The van der Waals surface area contributed by atoms with Gasteiger partial charge in [0.25, 0.3) is 0 Å². The lowest BCUT2D eigenvalue weighted by Gasteiger charge is -2.06. The van der Waals surface area contributed by atoms with Crippen molar-refractivity contribution in [2.75, 3.05) is 0 Å². The molecule has 0 heterocycles. The highest BCUT2D eigenvalue weighted by Gasteiger charge is 2.20. The number of aromatic carboxylic acids is 1. The average molecular weight is 231 g/mol. The van der Waals surface area contributed by atoms with E-state index in [1.807, 2.05) is 0 Å². The second kappa shape index (κ2) is 3.52. The maximum atomic E-state index is 11.0. The first-order chi connectivity index (χ1) is 6.73. The van der Waals surface area contributed by atoms with Gasteiger partial charge in [0, 0.05) is 0 Å². The number of carboxylic acids is 1. The highest BCUT2D eigenvalue weighted by molar-refractivity contribution is 7.89. The first-order valence-corrected chi connectivity index (χ1v) is 5.38. The summed E-state index contributed by atoms with van der Waals surface area (Å²) in [5, 5.41) is 22.9. The molecule has 0 aliphatic heterocycles. The summed E-state index contributed by atoms with van der Waals surface area (Å²) >= 11 is 0. The Hall–Kier alpha value is -1.60. The summed E-state index contributed by atoms with van der Waals surface area (Å²) in [7, 11) is -4.13. The number of carboxylic acid groups (broad SMARTS) is 1. The monoisotopic (exact) mass is 231 g/mol. The van der Waals surface area contributed by atoms with Crippen LogP contribution in [-0.4, -0.2) is 24.6 Å². The molecule has 4 N–H and O–H groups in total. The van der Waals surface area contributed by atoms with E-state index in [-0.39, 0.29) is 0 Å². The van der Waals surface area contributed by atoms with E-state index in [1.54, 1.807) is 0 Å². The van der Waals surface area contributed by atoms with Gasteiger partial charge < -0.3 is 10.2 Å². The standard InChI is InChI=1S/C8H9NO5S/c1-4-2-5(8(11)12)7(10)6(3-4)15(9,13)14/h2-3,10H,1H3,(H,11,12)(H2,9,13,14). The quantitative estimate of drug-likeness (QED) is 0.664. The maximum Gasteiger partial charge on any atom is 0.339 e. The second-order valence-electron chi connectivity index (χ2n) is 3.01. The number of primary sulfonamides is 1. The number of benzene rings is 1. The zero-order valence-corrected chi connectivity index (χ0v) is 8.58. The molecule has 0 unspecified atom stereocenters. The van der Waals surface area contributed by atoms with Crippen LogP contribution < -0.4 is 5.14 Å². The highest BCUT2D eigenvalue weighted by Crippen LogP contribution is 2.27. The van der Waals surface area contributed by atoms with Crippen LogP contribution in [-0.2, 0) is 10.0 Å². The summed E-state index contributed by atoms with van der Waals surface area (Å²) in [4.78, 5) is 10.1. The topological polar surface area (TPSA) is 118 Å². The van der Waals surface area contributed by atoms with E-state index in [0.29, 0.717) is 5.56 Å². The van der Waals surface area contributed by atoms with Gasteiger partial charge in [-0.25, -0.2) is 18.4 Å². The van der Waals surface area contributed by atoms with Crippen molar-refractivity contribution < 1.29 is 23.4 Å². The third-order valence-corrected chi connectivity index (χ3v) is 2.68. The van der Waals surface area contributed by atoms with Crippen LogP contribution in [0.15, 0.2) is 17.0 Å². The molecule has 0 saturated carbocycles. The van der Waals surface area contributed by atoms with E-state index < -0.39 is 32.2 Å². The van der Waals surface area contributed by atoms with E-state index in [1.165, 1.54) is 6.92 Å². The number of carbonyl (C=O) groups is 1. The number of aromatic hydroxyl groups is 1. The Morgan fingerprint density at radius 1 is 1.40 bits per heavy atom. The summed E-state index contributed by atoms with van der Waals surface area (Å²) in [6, 6.07) is 2.27. The van der Waals surface area contributed by atoms with Gasteiger partial charge in [-0.1, -0.05) is 0 Å². The molecule has 1 rings (SSSR count). The molecule has 82 valence electrons. The molecule has 0 aliphatic rings. The third-order valence-electron chi connectivity index (χ3n) is 1.76. The highest BCUT2D eigenvalue weighted by atomic mass is 32.2. The second-order valence-corrected chi connectivity index (χ2v) is 4.54. The van der Waals surface area contributed by atoms with Gasteiger partial charge in [-0.15, -0.1) is 0 Å². The molecule has 1 aromatic carbocycles. The molecular formula is C8H9NO5S. The van der Waals surface area contributed by atoms with Crippen LogP contribution in [0.5, 0.6) is 5.75 Å². The fourth-order valence-corrected chi connectivity index (χ4v) is 1.86. The molecule has 0 saturated heterocycles. The zero-order chi connectivity index (χ0) is 11.8. The Morgan fingerprint density at radius 3 is 2.33 bits per heavy atom. The molecule has 6 nitrogen and oxygen atoms in total. The molecular weight excluding hydrogens is 222 g/mol. The minimum absolute atomic E-state index is 0.384. The Labute approximate surface area is 86.0 Å². The van der Waals surface area contributed by atoms with Crippen molar-refractivity contribution in [1.29, 1.82) is 0 Å².